The van der Waals surface area contributed by atoms with E-state index in [1.807, 2.05) is 13.8 Å². The van der Waals surface area contributed by atoms with Crippen molar-refractivity contribution in [1.29, 1.82) is 0 Å². The van der Waals surface area contributed by atoms with Crippen LogP contribution in [0.1, 0.15) is 13.8 Å². The molecule has 0 radical (unpaired) electrons. The predicted molar refractivity (Wildman–Crippen MR) is 124 cm³/mol. The summed E-state index contributed by atoms with van der Waals surface area (Å²) in [6, 6.07) is 0. The molecule has 0 unspecified atom stereocenters. The number of rotatable bonds is 23. The van der Waals surface area contributed by atoms with Gasteiger partial charge in [-0.25, -0.2) is 0 Å². The summed E-state index contributed by atoms with van der Waals surface area (Å²) in [5.41, 5.74) is 0. The van der Waals surface area contributed by atoms with E-state index in [-0.39, 0.29) is 52.4 Å². The van der Waals surface area contributed by atoms with Crippen LogP contribution in [0.4, 0.5) is 0 Å². The summed E-state index contributed by atoms with van der Waals surface area (Å²) >= 11 is 0. The number of nitrogens with zero attached hydrogens (tertiary/aromatic N) is 4. The first-order valence-electron chi connectivity index (χ1n) is 11.2. The lowest BCUT2D eigenvalue weighted by atomic mass is 10.3. The van der Waals surface area contributed by atoms with Crippen LogP contribution in [0.3, 0.4) is 0 Å². The molecule has 0 amide bonds. The van der Waals surface area contributed by atoms with Gasteiger partial charge in [0.25, 0.3) is 0 Å². The van der Waals surface area contributed by atoms with Gasteiger partial charge in [0, 0.05) is 52.6 Å². The summed E-state index contributed by atoms with van der Waals surface area (Å²) in [6.45, 7) is 6.61. The Morgan fingerprint density at radius 2 is 0.735 bits per heavy atom. The maximum atomic E-state index is 11.3. The van der Waals surface area contributed by atoms with E-state index in [0.717, 1.165) is 0 Å². The van der Waals surface area contributed by atoms with Crippen LogP contribution in [0.2, 0.25) is 0 Å². The van der Waals surface area contributed by atoms with E-state index in [2.05, 4.69) is 10.6 Å². The van der Waals surface area contributed by atoms with Gasteiger partial charge in [-0.05, 0) is 13.1 Å². The normalized spacial score (nSPS) is 11.6. The number of carboxylic acids is 4. The van der Waals surface area contributed by atoms with E-state index in [4.69, 9.17) is 10.2 Å². The van der Waals surface area contributed by atoms with Gasteiger partial charge in [-0.3, -0.25) is 38.8 Å². The lowest BCUT2D eigenvalue weighted by molar-refractivity contribution is -0.140. The summed E-state index contributed by atoms with van der Waals surface area (Å²) in [5, 5.41) is 42.8. The minimum Gasteiger partial charge on any atom is -0.480 e. The van der Waals surface area contributed by atoms with Crippen LogP contribution in [-0.2, 0) is 19.2 Å². The Bertz CT molecular complexity index is 572. The van der Waals surface area contributed by atoms with E-state index in [9.17, 15) is 29.4 Å². The molecule has 0 fully saturated rings. The molecule has 0 saturated carbocycles. The molecule has 0 aromatic heterocycles. The monoisotopic (exact) mass is 492 g/mol. The number of carbonyl (C=O) groups is 4. The van der Waals surface area contributed by atoms with Gasteiger partial charge in [0.15, 0.2) is 0 Å². The molecule has 0 saturated heterocycles. The predicted octanol–water partition coefficient (Wildman–Crippen LogP) is -2.33. The van der Waals surface area contributed by atoms with Crippen LogP contribution in [-0.4, -0.2) is 156 Å². The third-order valence-electron chi connectivity index (χ3n) is 4.80. The van der Waals surface area contributed by atoms with E-state index < -0.39 is 23.9 Å². The van der Waals surface area contributed by atoms with Crippen molar-refractivity contribution in [3.8, 4) is 0 Å². The Morgan fingerprint density at radius 3 is 0.971 bits per heavy atom. The summed E-state index contributed by atoms with van der Waals surface area (Å²) < 4.78 is 0. The Kier molecular flexibility index (Phi) is 17.7. The molecule has 0 aliphatic carbocycles. The second-order valence-corrected chi connectivity index (χ2v) is 7.76. The molecule has 0 bridgehead atoms. The van der Waals surface area contributed by atoms with Gasteiger partial charge in [0.05, 0.1) is 26.2 Å². The van der Waals surface area contributed by atoms with Crippen LogP contribution in [0, 0.1) is 0 Å². The molecular formula is C20H40N6O8. The van der Waals surface area contributed by atoms with Crippen molar-refractivity contribution in [2.24, 2.45) is 0 Å². The average molecular weight is 493 g/mol. The third-order valence-corrected chi connectivity index (χ3v) is 4.80. The highest BCUT2D eigenvalue weighted by Crippen LogP contribution is 1.98. The zero-order chi connectivity index (χ0) is 25.9. The van der Waals surface area contributed by atoms with E-state index in [0.29, 0.717) is 39.5 Å². The second kappa shape index (κ2) is 19.0. The van der Waals surface area contributed by atoms with Crippen molar-refractivity contribution in [2.45, 2.75) is 13.8 Å². The molecule has 198 valence electrons. The lowest BCUT2D eigenvalue weighted by Crippen LogP contribution is -2.47. The number of nitrogens with one attached hydrogen (secondary N) is 2. The highest BCUT2D eigenvalue weighted by atomic mass is 16.4. The molecule has 0 spiro atoms. The van der Waals surface area contributed by atoms with Crippen molar-refractivity contribution in [3.63, 3.8) is 0 Å². The van der Waals surface area contributed by atoms with Crippen molar-refractivity contribution in [1.82, 2.24) is 30.2 Å². The van der Waals surface area contributed by atoms with Crippen molar-refractivity contribution >= 4 is 23.9 Å². The number of hydrogen-bond acceptors (Lipinski definition) is 10. The molecule has 6 N–H and O–H groups in total. The fourth-order valence-corrected chi connectivity index (χ4v) is 3.12. The number of aliphatic carboxylic acids is 4. The van der Waals surface area contributed by atoms with Crippen LogP contribution < -0.4 is 10.6 Å². The summed E-state index contributed by atoms with van der Waals surface area (Å²) in [7, 11) is 0. The Labute approximate surface area is 200 Å². The van der Waals surface area contributed by atoms with Crippen molar-refractivity contribution < 1.29 is 39.6 Å². The first-order chi connectivity index (χ1) is 16.1. The van der Waals surface area contributed by atoms with Crippen molar-refractivity contribution in [2.75, 3.05) is 91.9 Å². The zero-order valence-corrected chi connectivity index (χ0v) is 20.1. The summed E-state index contributed by atoms with van der Waals surface area (Å²) in [6.07, 6.45) is 0. The second-order valence-electron chi connectivity index (χ2n) is 7.76. The highest BCUT2D eigenvalue weighted by molar-refractivity contribution is 5.70. The minimum absolute atomic E-state index is 0.190. The van der Waals surface area contributed by atoms with Crippen LogP contribution in [0.15, 0.2) is 0 Å². The molecule has 0 atom stereocenters. The lowest BCUT2D eigenvalue weighted by Gasteiger charge is -2.29. The van der Waals surface area contributed by atoms with Gasteiger partial charge in [-0.1, -0.05) is 13.8 Å². The quantitative estimate of drug-likeness (QED) is 0.0833. The highest BCUT2D eigenvalue weighted by Gasteiger charge is 2.18. The maximum Gasteiger partial charge on any atom is 0.317 e. The van der Waals surface area contributed by atoms with Gasteiger partial charge in [0.1, 0.15) is 0 Å². The zero-order valence-electron chi connectivity index (χ0n) is 20.1. The number of hydrogen-bond donors (Lipinski definition) is 6. The fourth-order valence-electron chi connectivity index (χ4n) is 3.12. The van der Waals surface area contributed by atoms with Gasteiger partial charge in [0.2, 0.25) is 0 Å². The Balaban J connectivity index is 5.02. The minimum atomic E-state index is -1.04. The summed E-state index contributed by atoms with van der Waals surface area (Å²) in [5.74, 6) is -4.06. The standard InChI is InChI=1S/C20H40N6O8/c1-3-21-15-25(13-19(31)32)9-7-23(11-17(27)28)5-6-24(12-18(29)30)8-10-26(14-20(33)34)16-22-4-2/h21-22H,3-16H2,1-2H3,(H,27,28)(H,29,30)(H,31,32)(H,33,34). The average Bonchev–Trinajstić information content (AvgIpc) is 2.73. The van der Waals surface area contributed by atoms with Crippen LogP contribution in [0.5, 0.6) is 0 Å². The molecular weight excluding hydrogens is 452 g/mol. The molecule has 34 heavy (non-hydrogen) atoms. The van der Waals surface area contributed by atoms with Gasteiger partial charge in [-0.15, -0.1) is 0 Å². The molecule has 0 heterocycles. The summed E-state index contributed by atoms with van der Waals surface area (Å²) in [4.78, 5) is 51.4. The molecule has 14 heteroatoms. The first-order valence-corrected chi connectivity index (χ1v) is 11.2. The smallest absolute Gasteiger partial charge is 0.317 e. The SMILES string of the molecule is CCNCN(CCN(CCN(CCN(CNCC)CC(=O)O)CC(=O)O)CC(=O)O)CC(=O)O. The molecule has 0 aliphatic rings. The Hall–Kier alpha value is -2.36. The number of carboxylic acid groups (broad SMARTS) is 4. The van der Waals surface area contributed by atoms with E-state index in [1.165, 1.54) is 0 Å². The van der Waals surface area contributed by atoms with E-state index in [1.54, 1.807) is 19.6 Å². The van der Waals surface area contributed by atoms with Gasteiger partial charge in [-0.2, -0.15) is 0 Å². The molecule has 0 rings (SSSR count). The fraction of sp³-hybridized carbons (Fsp3) is 0.800. The molecule has 0 aromatic rings. The molecule has 14 nitrogen and oxygen atoms in total. The van der Waals surface area contributed by atoms with Crippen molar-refractivity contribution in [3.05, 3.63) is 0 Å². The molecule has 0 aromatic carbocycles. The topological polar surface area (TPSA) is 186 Å². The van der Waals surface area contributed by atoms with Crippen LogP contribution >= 0.6 is 0 Å². The van der Waals surface area contributed by atoms with Gasteiger partial charge < -0.3 is 31.1 Å². The first kappa shape index (κ1) is 31.6. The van der Waals surface area contributed by atoms with Gasteiger partial charge >= 0.3 is 23.9 Å². The van der Waals surface area contributed by atoms with Crippen LogP contribution in [0.25, 0.3) is 0 Å². The maximum absolute atomic E-state index is 11.3. The Morgan fingerprint density at radius 1 is 0.500 bits per heavy atom. The molecule has 0 aliphatic heterocycles. The van der Waals surface area contributed by atoms with E-state index >= 15 is 0 Å². The largest absolute Gasteiger partial charge is 0.480 e. The third kappa shape index (κ3) is 18.1.